The number of nitrogens with one attached hydrogen (secondary N) is 1. The van der Waals surface area contributed by atoms with Gasteiger partial charge in [-0.1, -0.05) is 0 Å². The molecule has 4 bridgehead atoms. The molecule has 4 aliphatic carbocycles. The van der Waals surface area contributed by atoms with Gasteiger partial charge in [0.15, 0.2) is 0 Å². The van der Waals surface area contributed by atoms with Gasteiger partial charge in [0.05, 0.1) is 0 Å². The van der Waals surface area contributed by atoms with Crippen LogP contribution >= 0.6 is 11.6 Å². The molecule has 0 saturated heterocycles. The zero-order valence-electron chi connectivity index (χ0n) is 9.42. The third-order valence-electron chi connectivity index (χ3n) is 5.07. The maximum Gasteiger partial charge on any atom is 0.0348 e. The number of hydrogen-bond acceptors (Lipinski definition) is 1. The van der Waals surface area contributed by atoms with Crippen LogP contribution in [0.15, 0.2) is 0 Å². The van der Waals surface area contributed by atoms with Crippen LogP contribution < -0.4 is 5.32 Å². The first kappa shape index (κ1) is 10.4. The van der Waals surface area contributed by atoms with Crippen LogP contribution in [0.2, 0.25) is 0 Å². The molecule has 0 aliphatic heterocycles. The van der Waals surface area contributed by atoms with Crippen LogP contribution in [0.25, 0.3) is 0 Å². The minimum absolute atomic E-state index is 0.757. The van der Waals surface area contributed by atoms with Gasteiger partial charge in [-0.2, -0.15) is 0 Å². The fraction of sp³-hybridized carbons (Fsp3) is 1.00. The highest BCUT2D eigenvalue weighted by Crippen LogP contribution is 2.56. The molecule has 0 unspecified atom stereocenters. The molecule has 0 aromatic rings. The number of rotatable bonds is 4. The predicted octanol–water partition coefficient (Wildman–Crippen LogP) is 2.89. The molecule has 0 aromatic heterocycles. The molecule has 0 radical (unpaired) electrons. The predicted molar refractivity (Wildman–Crippen MR) is 64.1 cm³/mol. The van der Waals surface area contributed by atoms with E-state index in [9.17, 15) is 0 Å². The second-order valence-electron chi connectivity index (χ2n) is 5.99. The van der Waals surface area contributed by atoms with E-state index in [1.807, 2.05) is 0 Å². The van der Waals surface area contributed by atoms with Crippen molar-refractivity contribution in [3.8, 4) is 0 Å². The molecule has 4 fully saturated rings. The Bertz CT molecular complexity index is 201. The van der Waals surface area contributed by atoms with E-state index in [0.29, 0.717) is 0 Å². The zero-order valence-corrected chi connectivity index (χ0v) is 10.2. The van der Waals surface area contributed by atoms with E-state index in [1.54, 1.807) is 32.1 Å². The Morgan fingerprint density at radius 1 is 0.933 bits per heavy atom. The van der Waals surface area contributed by atoms with Gasteiger partial charge in [0, 0.05) is 12.4 Å². The van der Waals surface area contributed by atoms with Crippen molar-refractivity contribution in [2.45, 2.75) is 32.1 Å². The lowest BCUT2D eigenvalue weighted by Gasteiger charge is -2.54. The van der Waals surface area contributed by atoms with Gasteiger partial charge in [-0.3, -0.25) is 0 Å². The van der Waals surface area contributed by atoms with Gasteiger partial charge < -0.3 is 5.32 Å². The lowest BCUT2D eigenvalue weighted by Crippen LogP contribution is -2.48. The van der Waals surface area contributed by atoms with Crippen LogP contribution in [0.5, 0.6) is 0 Å². The molecule has 4 aliphatic rings. The van der Waals surface area contributed by atoms with Crippen LogP contribution in [0.4, 0.5) is 0 Å². The Morgan fingerprint density at radius 2 is 1.53 bits per heavy atom. The van der Waals surface area contributed by atoms with Gasteiger partial charge in [0.1, 0.15) is 0 Å². The molecule has 4 saturated carbocycles. The smallest absolute Gasteiger partial charge is 0.0348 e. The van der Waals surface area contributed by atoms with E-state index in [2.05, 4.69) is 5.32 Å². The first-order valence-corrected chi connectivity index (χ1v) is 7.17. The fourth-order valence-electron chi connectivity index (χ4n) is 4.71. The number of halogens is 1. The summed E-state index contributed by atoms with van der Waals surface area (Å²) in [6, 6.07) is 0. The Kier molecular flexibility index (Phi) is 2.95. The zero-order chi connectivity index (χ0) is 10.3. The van der Waals surface area contributed by atoms with Gasteiger partial charge in [-0.15, -0.1) is 11.6 Å². The Hall–Kier alpha value is 0.250. The summed E-state index contributed by atoms with van der Waals surface area (Å²) in [5, 5.41) is 3.53. The van der Waals surface area contributed by atoms with E-state index >= 15 is 0 Å². The molecule has 4 rings (SSSR count). The summed E-state index contributed by atoms with van der Waals surface area (Å²) in [7, 11) is 0. The summed E-state index contributed by atoms with van der Waals surface area (Å²) >= 11 is 5.71. The molecule has 0 heterocycles. The van der Waals surface area contributed by atoms with Crippen LogP contribution in [0, 0.1) is 29.6 Å². The number of alkyl halides is 1. The van der Waals surface area contributed by atoms with E-state index in [1.165, 1.54) is 6.54 Å². The highest BCUT2D eigenvalue weighted by molar-refractivity contribution is 6.18. The SMILES string of the molecule is ClCCNCC1C2CC3CC(C2)CC1C3. The third-order valence-corrected chi connectivity index (χ3v) is 5.26. The first-order chi connectivity index (χ1) is 7.36. The van der Waals surface area contributed by atoms with E-state index in [-0.39, 0.29) is 0 Å². The lowest BCUT2D eigenvalue weighted by molar-refractivity contribution is -0.0352. The molecular formula is C13H22ClN. The van der Waals surface area contributed by atoms with Gasteiger partial charge in [0.2, 0.25) is 0 Å². The van der Waals surface area contributed by atoms with Gasteiger partial charge >= 0.3 is 0 Å². The second kappa shape index (κ2) is 4.25. The van der Waals surface area contributed by atoms with E-state index in [4.69, 9.17) is 11.6 Å². The average molecular weight is 228 g/mol. The summed E-state index contributed by atoms with van der Waals surface area (Å²) in [6.07, 6.45) is 7.73. The normalized spacial score (nSPS) is 47.4. The molecule has 2 heteroatoms. The summed E-state index contributed by atoms with van der Waals surface area (Å²) in [4.78, 5) is 0. The molecule has 0 amide bonds. The largest absolute Gasteiger partial charge is 0.315 e. The molecule has 0 aromatic carbocycles. The molecule has 0 spiro atoms. The molecule has 1 N–H and O–H groups in total. The minimum Gasteiger partial charge on any atom is -0.315 e. The Balaban J connectivity index is 1.60. The summed E-state index contributed by atoms with van der Waals surface area (Å²) in [6.45, 7) is 2.23. The highest BCUT2D eigenvalue weighted by atomic mass is 35.5. The minimum atomic E-state index is 0.757. The first-order valence-electron chi connectivity index (χ1n) is 6.63. The van der Waals surface area contributed by atoms with Crippen LogP contribution in [0.1, 0.15) is 32.1 Å². The van der Waals surface area contributed by atoms with Crippen LogP contribution in [0.3, 0.4) is 0 Å². The van der Waals surface area contributed by atoms with Crippen LogP contribution in [-0.4, -0.2) is 19.0 Å². The molecule has 86 valence electrons. The summed E-state index contributed by atoms with van der Waals surface area (Å²) in [5.41, 5.74) is 0. The monoisotopic (exact) mass is 227 g/mol. The van der Waals surface area contributed by atoms with Gasteiger partial charge in [-0.05, 0) is 68.2 Å². The molecule has 0 atom stereocenters. The lowest BCUT2D eigenvalue weighted by atomic mass is 9.52. The Labute approximate surface area is 98.0 Å². The average Bonchev–Trinajstić information content (AvgIpc) is 2.21. The quantitative estimate of drug-likeness (QED) is 0.575. The van der Waals surface area contributed by atoms with Crippen LogP contribution in [-0.2, 0) is 0 Å². The van der Waals surface area contributed by atoms with Gasteiger partial charge in [0.25, 0.3) is 0 Å². The van der Waals surface area contributed by atoms with Gasteiger partial charge in [-0.25, -0.2) is 0 Å². The van der Waals surface area contributed by atoms with Crippen molar-refractivity contribution >= 4 is 11.6 Å². The molecule has 1 nitrogen and oxygen atoms in total. The standard InChI is InChI=1S/C13H22ClN/c14-1-2-15-8-13-11-4-9-3-10(6-11)7-12(13)5-9/h9-13,15H,1-8H2. The van der Waals surface area contributed by atoms with E-state index in [0.717, 1.165) is 42.0 Å². The second-order valence-corrected chi connectivity index (χ2v) is 6.37. The number of hydrogen-bond donors (Lipinski definition) is 1. The summed E-state index contributed by atoms with van der Waals surface area (Å²) in [5.74, 6) is 6.08. The van der Waals surface area contributed by atoms with Crippen molar-refractivity contribution in [1.82, 2.24) is 5.32 Å². The van der Waals surface area contributed by atoms with Crippen molar-refractivity contribution in [2.75, 3.05) is 19.0 Å². The van der Waals surface area contributed by atoms with Crippen molar-refractivity contribution in [3.05, 3.63) is 0 Å². The van der Waals surface area contributed by atoms with Crippen molar-refractivity contribution < 1.29 is 0 Å². The van der Waals surface area contributed by atoms with Crippen molar-refractivity contribution in [3.63, 3.8) is 0 Å². The Morgan fingerprint density at radius 3 is 2.07 bits per heavy atom. The third kappa shape index (κ3) is 1.93. The van der Waals surface area contributed by atoms with E-state index < -0.39 is 0 Å². The summed E-state index contributed by atoms with van der Waals surface area (Å²) < 4.78 is 0. The topological polar surface area (TPSA) is 12.0 Å². The molecular weight excluding hydrogens is 206 g/mol. The molecule has 15 heavy (non-hydrogen) atoms. The fourth-order valence-corrected chi connectivity index (χ4v) is 4.84. The van der Waals surface area contributed by atoms with Crippen molar-refractivity contribution in [1.29, 1.82) is 0 Å². The maximum atomic E-state index is 5.71. The van der Waals surface area contributed by atoms with Crippen molar-refractivity contribution in [2.24, 2.45) is 29.6 Å². The highest BCUT2D eigenvalue weighted by Gasteiger charge is 2.47. The maximum absolute atomic E-state index is 5.71.